The molecule has 0 aliphatic carbocycles. The Kier molecular flexibility index (Phi) is 11.3. The van der Waals surface area contributed by atoms with Crippen molar-refractivity contribution in [1.29, 1.82) is 0 Å². The molecule has 0 aliphatic heterocycles. The van der Waals surface area contributed by atoms with Crippen molar-refractivity contribution in [1.82, 2.24) is 5.32 Å². The molecule has 1 N–H and O–H groups in total. The molecule has 2 heteroatoms. The molecular formula is C13H28BrN. The van der Waals surface area contributed by atoms with Gasteiger partial charge in [-0.05, 0) is 38.3 Å². The van der Waals surface area contributed by atoms with E-state index in [-0.39, 0.29) is 0 Å². The third kappa shape index (κ3) is 9.37. The fraction of sp³-hybridized carbons (Fsp3) is 1.00. The Morgan fingerprint density at radius 2 is 1.80 bits per heavy atom. The van der Waals surface area contributed by atoms with Gasteiger partial charge in [0.1, 0.15) is 0 Å². The van der Waals surface area contributed by atoms with Crippen LogP contribution in [0.3, 0.4) is 0 Å². The summed E-state index contributed by atoms with van der Waals surface area (Å²) in [5, 5.41) is 3.58. The smallest absolute Gasteiger partial charge is 0.0155 e. The Labute approximate surface area is 105 Å². The second kappa shape index (κ2) is 10.9. The van der Waals surface area contributed by atoms with Crippen LogP contribution in [0.5, 0.6) is 0 Å². The van der Waals surface area contributed by atoms with E-state index in [0.29, 0.717) is 4.83 Å². The molecule has 0 amide bonds. The maximum absolute atomic E-state index is 3.66. The van der Waals surface area contributed by atoms with Gasteiger partial charge in [0.15, 0.2) is 0 Å². The molecule has 0 aromatic rings. The SMILES string of the molecule is CCCCC(CC)CNCCC(Br)CC. The first-order valence-electron chi connectivity index (χ1n) is 6.59. The minimum Gasteiger partial charge on any atom is -0.316 e. The minimum atomic E-state index is 0.695. The largest absolute Gasteiger partial charge is 0.316 e. The van der Waals surface area contributed by atoms with Crippen molar-refractivity contribution < 1.29 is 0 Å². The molecule has 15 heavy (non-hydrogen) atoms. The number of unbranched alkanes of at least 4 members (excludes halogenated alkanes) is 1. The quantitative estimate of drug-likeness (QED) is 0.462. The maximum atomic E-state index is 3.66. The molecule has 0 aromatic heterocycles. The first-order chi connectivity index (χ1) is 7.24. The van der Waals surface area contributed by atoms with E-state index in [2.05, 4.69) is 42.0 Å². The van der Waals surface area contributed by atoms with Crippen molar-refractivity contribution >= 4 is 15.9 Å². The van der Waals surface area contributed by atoms with E-state index in [1.807, 2.05) is 0 Å². The van der Waals surface area contributed by atoms with Crippen LogP contribution in [-0.4, -0.2) is 17.9 Å². The molecule has 0 bridgehead atoms. The second-order valence-electron chi connectivity index (χ2n) is 4.41. The summed E-state index contributed by atoms with van der Waals surface area (Å²) in [4.78, 5) is 0.695. The van der Waals surface area contributed by atoms with Crippen molar-refractivity contribution in [2.24, 2.45) is 5.92 Å². The summed E-state index contributed by atoms with van der Waals surface area (Å²) in [7, 11) is 0. The number of halogens is 1. The van der Waals surface area contributed by atoms with E-state index in [9.17, 15) is 0 Å². The van der Waals surface area contributed by atoms with Gasteiger partial charge in [0, 0.05) is 4.83 Å². The summed E-state index contributed by atoms with van der Waals surface area (Å²) < 4.78 is 0. The summed E-state index contributed by atoms with van der Waals surface area (Å²) in [5.41, 5.74) is 0. The Bertz CT molecular complexity index is 128. The first kappa shape index (κ1) is 15.4. The summed E-state index contributed by atoms with van der Waals surface area (Å²) in [6.07, 6.45) is 7.91. The molecule has 0 rings (SSSR count). The van der Waals surface area contributed by atoms with Crippen LogP contribution >= 0.6 is 15.9 Å². The predicted molar refractivity (Wildman–Crippen MR) is 73.8 cm³/mol. The average molecular weight is 278 g/mol. The van der Waals surface area contributed by atoms with Crippen LogP contribution in [-0.2, 0) is 0 Å². The molecule has 0 saturated carbocycles. The van der Waals surface area contributed by atoms with Gasteiger partial charge >= 0.3 is 0 Å². The number of rotatable bonds is 10. The highest BCUT2D eigenvalue weighted by Gasteiger charge is 2.05. The Morgan fingerprint density at radius 3 is 2.33 bits per heavy atom. The van der Waals surface area contributed by atoms with Crippen molar-refractivity contribution in [2.75, 3.05) is 13.1 Å². The Morgan fingerprint density at radius 1 is 1.07 bits per heavy atom. The Hall–Kier alpha value is 0.440. The zero-order valence-electron chi connectivity index (χ0n) is 10.7. The number of hydrogen-bond acceptors (Lipinski definition) is 1. The van der Waals surface area contributed by atoms with E-state index in [1.165, 1.54) is 45.1 Å². The molecule has 0 fully saturated rings. The first-order valence-corrected chi connectivity index (χ1v) is 7.50. The third-order valence-corrected chi connectivity index (χ3v) is 4.16. The van der Waals surface area contributed by atoms with Crippen LogP contribution in [0.25, 0.3) is 0 Å². The third-order valence-electron chi connectivity index (χ3n) is 3.05. The van der Waals surface area contributed by atoms with Crippen molar-refractivity contribution in [3.63, 3.8) is 0 Å². The van der Waals surface area contributed by atoms with Gasteiger partial charge in [-0.25, -0.2) is 0 Å². The molecule has 2 unspecified atom stereocenters. The fourth-order valence-electron chi connectivity index (χ4n) is 1.71. The van der Waals surface area contributed by atoms with Gasteiger partial charge in [-0.2, -0.15) is 0 Å². The van der Waals surface area contributed by atoms with Crippen LogP contribution in [0.15, 0.2) is 0 Å². The molecule has 2 atom stereocenters. The zero-order valence-corrected chi connectivity index (χ0v) is 12.3. The molecular weight excluding hydrogens is 250 g/mol. The Balaban J connectivity index is 3.37. The van der Waals surface area contributed by atoms with Gasteiger partial charge in [0.25, 0.3) is 0 Å². The van der Waals surface area contributed by atoms with Gasteiger partial charge < -0.3 is 5.32 Å². The van der Waals surface area contributed by atoms with E-state index in [4.69, 9.17) is 0 Å². The van der Waals surface area contributed by atoms with Gasteiger partial charge in [0.2, 0.25) is 0 Å². The molecule has 0 spiro atoms. The van der Waals surface area contributed by atoms with Gasteiger partial charge in [-0.3, -0.25) is 0 Å². The molecule has 1 nitrogen and oxygen atoms in total. The summed E-state index contributed by atoms with van der Waals surface area (Å²) in [6.45, 7) is 9.18. The van der Waals surface area contributed by atoms with Gasteiger partial charge in [-0.15, -0.1) is 0 Å². The predicted octanol–water partition coefficient (Wildman–Crippen LogP) is 4.36. The van der Waals surface area contributed by atoms with Crippen molar-refractivity contribution in [2.45, 2.75) is 64.1 Å². The van der Waals surface area contributed by atoms with Crippen LogP contribution in [0.4, 0.5) is 0 Å². The van der Waals surface area contributed by atoms with Crippen LogP contribution < -0.4 is 5.32 Å². The lowest BCUT2D eigenvalue weighted by molar-refractivity contribution is 0.418. The highest BCUT2D eigenvalue weighted by molar-refractivity contribution is 9.09. The lowest BCUT2D eigenvalue weighted by Gasteiger charge is -2.15. The number of nitrogens with one attached hydrogen (secondary N) is 1. The maximum Gasteiger partial charge on any atom is 0.0155 e. The molecule has 92 valence electrons. The molecule has 0 aliphatic rings. The van der Waals surface area contributed by atoms with Crippen molar-refractivity contribution in [3.8, 4) is 0 Å². The summed E-state index contributed by atoms with van der Waals surface area (Å²) in [5.74, 6) is 0.889. The zero-order chi connectivity index (χ0) is 11.5. The van der Waals surface area contributed by atoms with Gasteiger partial charge in [-0.1, -0.05) is 56.0 Å². The van der Waals surface area contributed by atoms with Crippen LogP contribution in [0.1, 0.15) is 59.3 Å². The molecule has 0 radical (unpaired) electrons. The lowest BCUT2D eigenvalue weighted by Crippen LogP contribution is -2.25. The number of hydrogen-bond donors (Lipinski definition) is 1. The fourth-order valence-corrected chi connectivity index (χ4v) is 1.94. The van der Waals surface area contributed by atoms with Crippen LogP contribution in [0.2, 0.25) is 0 Å². The van der Waals surface area contributed by atoms with E-state index >= 15 is 0 Å². The lowest BCUT2D eigenvalue weighted by atomic mass is 9.99. The average Bonchev–Trinajstić information content (AvgIpc) is 2.27. The normalized spacial score (nSPS) is 15.2. The van der Waals surface area contributed by atoms with E-state index < -0.39 is 0 Å². The summed E-state index contributed by atoms with van der Waals surface area (Å²) in [6, 6.07) is 0. The highest BCUT2D eigenvalue weighted by atomic mass is 79.9. The molecule has 0 saturated heterocycles. The van der Waals surface area contributed by atoms with Crippen molar-refractivity contribution in [3.05, 3.63) is 0 Å². The molecule has 0 heterocycles. The number of alkyl halides is 1. The highest BCUT2D eigenvalue weighted by Crippen LogP contribution is 2.12. The van der Waals surface area contributed by atoms with E-state index in [0.717, 1.165) is 12.5 Å². The topological polar surface area (TPSA) is 12.0 Å². The monoisotopic (exact) mass is 277 g/mol. The minimum absolute atomic E-state index is 0.695. The summed E-state index contributed by atoms with van der Waals surface area (Å²) >= 11 is 3.66. The standard InChI is InChI=1S/C13H28BrN/c1-4-7-8-12(5-2)11-15-10-9-13(14)6-3/h12-13,15H,4-11H2,1-3H3. The second-order valence-corrected chi connectivity index (χ2v) is 5.71. The molecule has 0 aromatic carbocycles. The van der Waals surface area contributed by atoms with Gasteiger partial charge in [0.05, 0.1) is 0 Å². The van der Waals surface area contributed by atoms with Crippen LogP contribution in [0, 0.1) is 5.92 Å². The van der Waals surface area contributed by atoms with E-state index in [1.54, 1.807) is 0 Å².